The van der Waals surface area contributed by atoms with Gasteiger partial charge in [-0.3, -0.25) is 0 Å². The normalized spacial score (nSPS) is 11.6. The van der Waals surface area contributed by atoms with Gasteiger partial charge >= 0.3 is 0 Å². The second-order valence-electron chi connectivity index (χ2n) is 4.38. The van der Waals surface area contributed by atoms with Crippen molar-refractivity contribution in [2.24, 2.45) is 0 Å². The molecule has 0 unspecified atom stereocenters. The topological polar surface area (TPSA) is 61.2 Å². The lowest BCUT2D eigenvalue weighted by atomic mass is 10.2. The van der Waals surface area contributed by atoms with E-state index in [-0.39, 0.29) is 4.90 Å². The Bertz CT molecular complexity index is 710. The minimum Gasteiger partial charge on any atom is -0.492 e. The number of hydrogen-bond donors (Lipinski definition) is 0. The number of aryl methyl sites for hydroxylation is 2. The van der Waals surface area contributed by atoms with Crippen LogP contribution in [-0.2, 0) is 15.6 Å². The minimum atomic E-state index is -3.71. The van der Waals surface area contributed by atoms with Crippen molar-refractivity contribution in [3.05, 3.63) is 42.0 Å². The quantitative estimate of drug-likeness (QED) is 0.796. The zero-order valence-corrected chi connectivity index (χ0v) is 12.8. The summed E-state index contributed by atoms with van der Waals surface area (Å²) in [4.78, 5) is 4.23. The Morgan fingerprint density at radius 3 is 2.65 bits per heavy atom. The summed E-state index contributed by atoms with van der Waals surface area (Å²) >= 11 is 0. The Hall–Kier alpha value is -1.53. The molecule has 2 aromatic rings. The highest BCUT2D eigenvalue weighted by molar-refractivity contribution is 8.13. The summed E-state index contributed by atoms with van der Waals surface area (Å²) in [6.45, 7) is 4.76. The fourth-order valence-electron chi connectivity index (χ4n) is 1.89. The van der Waals surface area contributed by atoms with Gasteiger partial charge in [0.05, 0.1) is 11.4 Å². The van der Waals surface area contributed by atoms with Crippen molar-refractivity contribution >= 4 is 19.7 Å². The molecule has 0 bridgehead atoms. The molecular formula is C13H15ClN2O3S. The fourth-order valence-corrected chi connectivity index (χ4v) is 3.08. The van der Waals surface area contributed by atoms with Crippen LogP contribution >= 0.6 is 10.7 Å². The summed E-state index contributed by atoms with van der Waals surface area (Å²) < 4.78 is 30.1. The van der Waals surface area contributed by atoms with Gasteiger partial charge in [0.25, 0.3) is 9.05 Å². The number of ether oxygens (including phenoxy) is 1. The molecule has 0 fully saturated rings. The molecule has 0 aliphatic carbocycles. The second-order valence-corrected chi connectivity index (χ2v) is 6.92. The standard InChI is InChI=1S/C13H15ClN2O3S/c1-10-9-12(3-4-13(10)20(14,17)18)19-8-7-16-6-5-15-11(16)2/h3-6,9H,7-8H2,1-2H3. The Labute approximate surface area is 122 Å². The van der Waals surface area contributed by atoms with Crippen LogP contribution in [0.3, 0.4) is 0 Å². The first-order chi connectivity index (χ1) is 9.38. The zero-order chi connectivity index (χ0) is 14.8. The van der Waals surface area contributed by atoms with Gasteiger partial charge in [0.2, 0.25) is 0 Å². The molecule has 108 valence electrons. The monoisotopic (exact) mass is 314 g/mol. The molecule has 0 radical (unpaired) electrons. The van der Waals surface area contributed by atoms with Gasteiger partial charge in [-0.15, -0.1) is 0 Å². The molecule has 0 N–H and O–H groups in total. The molecule has 20 heavy (non-hydrogen) atoms. The Balaban J connectivity index is 2.01. The number of rotatable bonds is 5. The van der Waals surface area contributed by atoms with E-state index in [9.17, 15) is 8.42 Å². The van der Waals surface area contributed by atoms with Crippen molar-refractivity contribution in [3.8, 4) is 5.75 Å². The van der Waals surface area contributed by atoms with Crippen molar-refractivity contribution in [2.75, 3.05) is 6.61 Å². The summed E-state index contributed by atoms with van der Waals surface area (Å²) in [7, 11) is 1.62. The van der Waals surface area contributed by atoms with Crippen molar-refractivity contribution in [2.45, 2.75) is 25.3 Å². The molecule has 0 aliphatic heterocycles. The zero-order valence-electron chi connectivity index (χ0n) is 11.2. The SMILES string of the molecule is Cc1cc(OCCn2ccnc2C)ccc1S(=O)(=O)Cl. The van der Waals surface area contributed by atoms with Crippen LogP contribution in [0.25, 0.3) is 0 Å². The molecule has 1 heterocycles. The predicted octanol–water partition coefficient (Wildman–Crippen LogP) is 2.51. The largest absolute Gasteiger partial charge is 0.492 e. The molecule has 7 heteroatoms. The number of halogens is 1. The van der Waals surface area contributed by atoms with E-state index in [2.05, 4.69) is 4.98 Å². The number of aromatic nitrogens is 2. The lowest BCUT2D eigenvalue weighted by molar-refractivity contribution is 0.296. The minimum absolute atomic E-state index is 0.108. The summed E-state index contributed by atoms with van der Waals surface area (Å²) in [6.07, 6.45) is 3.62. The van der Waals surface area contributed by atoms with Gasteiger partial charge in [-0.2, -0.15) is 0 Å². The van der Waals surface area contributed by atoms with E-state index in [1.807, 2.05) is 17.7 Å². The molecule has 5 nitrogen and oxygen atoms in total. The Morgan fingerprint density at radius 2 is 2.10 bits per heavy atom. The van der Waals surface area contributed by atoms with E-state index >= 15 is 0 Å². The molecule has 1 aromatic carbocycles. The smallest absolute Gasteiger partial charge is 0.261 e. The number of benzene rings is 1. The lowest BCUT2D eigenvalue weighted by Crippen LogP contribution is -2.09. The van der Waals surface area contributed by atoms with Crippen molar-refractivity contribution in [3.63, 3.8) is 0 Å². The Morgan fingerprint density at radius 1 is 1.35 bits per heavy atom. The second kappa shape index (κ2) is 5.85. The third-order valence-corrected chi connectivity index (χ3v) is 4.42. The first kappa shape index (κ1) is 14.9. The third kappa shape index (κ3) is 3.52. The van der Waals surface area contributed by atoms with Gasteiger partial charge in [0.1, 0.15) is 18.2 Å². The van der Waals surface area contributed by atoms with Gasteiger partial charge in [-0.05, 0) is 37.6 Å². The molecule has 1 aromatic heterocycles. The van der Waals surface area contributed by atoms with Crippen LogP contribution in [0.1, 0.15) is 11.4 Å². The van der Waals surface area contributed by atoms with Gasteiger partial charge in [-0.25, -0.2) is 13.4 Å². The maximum atomic E-state index is 11.3. The average molecular weight is 315 g/mol. The van der Waals surface area contributed by atoms with Crippen molar-refractivity contribution < 1.29 is 13.2 Å². The molecule has 0 saturated carbocycles. The van der Waals surface area contributed by atoms with E-state index in [0.29, 0.717) is 24.5 Å². The fraction of sp³-hybridized carbons (Fsp3) is 0.308. The number of nitrogens with zero attached hydrogens (tertiary/aromatic N) is 2. The van der Waals surface area contributed by atoms with Gasteiger partial charge in [-0.1, -0.05) is 0 Å². The van der Waals surface area contributed by atoms with Crippen LogP contribution in [-0.4, -0.2) is 24.6 Å². The summed E-state index contributed by atoms with van der Waals surface area (Å²) in [6, 6.07) is 4.72. The Kier molecular flexibility index (Phi) is 4.35. The maximum Gasteiger partial charge on any atom is 0.261 e. The van der Waals surface area contributed by atoms with Crippen LogP contribution in [0.2, 0.25) is 0 Å². The van der Waals surface area contributed by atoms with E-state index < -0.39 is 9.05 Å². The van der Waals surface area contributed by atoms with E-state index in [1.165, 1.54) is 6.07 Å². The van der Waals surface area contributed by atoms with Crippen LogP contribution in [0.15, 0.2) is 35.5 Å². The van der Waals surface area contributed by atoms with E-state index in [4.69, 9.17) is 15.4 Å². The number of hydrogen-bond acceptors (Lipinski definition) is 4. The highest BCUT2D eigenvalue weighted by Gasteiger charge is 2.13. The lowest BCUT2D eigenvalue weighted by Gasteiger charge is -2.10. The average Bonchev–Trinajstić information content (AvgIpc) is 2.73. The van der Waals surface area contributed by atoms with Crippen molar-refractivity contribution in [1.82, 2.24) is 9.55 Å². The summed E-state index contributed by atoms with van der Waals surface area (Å²) in [5.41, 5.74) is 0.566. The van der Waals surface area contributed by atoms with Crippen LogP contribution < -0.4 is 4.74 Å². The molecule has 0 amide bonds. The first-order valence-corrected chi connectivity index (χ1v) is 8.35. The van der Waals surface area contributed by atoms with Gasteiger partial charge in [0, 0.05) is 23.1 Å². The molecular weight excluding hydrogens is 300 g/mol. The molecule has 0 saturated heterocycles. The van der Waals surface area contributed by atoms with Crippen LogP contribution in [0.5, 0.6) is 5.75 Å². The highest BCUT2D eigenvalue weighted by atomic mass is 35.7. The highest BCUT2D eigenvalue weighted by Crippen LogP contribution is 2.23. The van der Waals surface area contributed by atoms with Gasteiger partial charge in [0.15, 0.2) is 0 Å². The van der Waals surface area contributed by atoms with Gasteiger partial charge < -0.3 is 9.30 Å². The molecule has 0 atom stereocenters. The van der Waals surface area contributed by atoms with Crippen LogP contribution in [0, 0.1) is 13.8 Å². The summed E-state index contributed by atoms with van der Waals surface area (Å²) in [5.74, 6) is 1.54. The summed E-state index contributed by atoms with van der Waals surface area (Å²) in [5, 5.41) is 0. The predicted molar refractivity (Wildman–Crippen MR) is 76.7 cm³/mol. The van der Waals surface area contributed by atoms with E-state index in [1.54, 1.807) is 25.3 Å². The molecule has 0 aliphatic rings. The van der Waals surface area contributed by atoms with Crippen molar-refractivity contribution in [1.29, 1.82) is 0 Å². The number of imidazole rings is 1. The molecule has 0 spiro atoms. The third-order valence-electron chi connectivity index (χ3n) is 2.93. The van der Waals surface area contributed by atoms with E-state index in [0.717, 1.165) is 5.82 Å². The first-order valence-electron chi connectivity index (χ1n) is 6.04. The van der Waals surface area contributed by atoms with Crippen LogP contribution in [0.4, 0.5) is 0 Å². The molecule has 2 rings (SSSR count). The maximum absolute atomic E-state index is 11.3.